The summed E-state index contributed by atoms with van der Waals surface area (Å²) in [5.41, 5.74) is 0. The van der Waals surface area contributed by atoms with Gasteiger partial charge in [0.1, 0.15) is 0 Å². The van der Waals surface area contributed by atoms with E-state index in [9.17, 15) is 4.79 Å². The van der Waals surface area contributed by atoms with Crippen molar-refractivity contribution in [1.29, 1.82) is 0 Å². The molecule has 0 radical (unpaired) electrons. The smallest absolute Gasteiger partial charge is 0.233 e. The predicted octanol–water partition coefficient (Wildman–Crippen LogP) is 1.42. The Morgan fingerprint density at radius 3 is 2.79 bits per heavy atom. The minimum atomic E-state index is 0.0267. The fourth-order valence-corrected chi connectivity index (χ4v) is 1.82. The standard InChI is InChI=1S/C10H19NO2S/c1-7(9-5-4-6-13-9)11-10(12)8(2)14-3/h7-9H,4-6H2,1-3H3,(H,11,12)/t7-,8-,9+/m1/s1. The van der Waals surface area contributed by atoms with Crippen LogP contribution < -0.4 is 5.32 Å². The number of amides is 1. The van der Waals surface area contributed by atoms with Crippen molar-refractivity contribution in [3.05, 3.63) is 0 Å². The number of rotatable bonds is 4. The van der Waals surface area contributed by atoms with E-state index in [1.807, 2.05) is 20.1 Å². The van der Waals surface area contributed by atoms with Gasteiger partial charge >= 0.3 is 0 Å². The number of ether oxygens (including phenoxy) is 1. The Bertz CT molecular complexity index is 193. The highest BCUT2D eigenvalue weighted by Crippen LogP contribution is 2.16. The molecule has 0 aromatic carbocycles. The van der Waals surface area contributed by atoms with Crippen LogP contribution in [0, 0.1) is 0 Å². The molecule has 1 N–H and O–H groups in total. The van der Waals surface area contributed by atoms with Gasteiger partial charge in [-0.1, -0.05) is 0 Å². The minimum Gasteiger partial charge on any atom is -0.376 e. The Morgan fingerprint density at radius 2 is 2.29 bits per heavy atom. The van der Waals surface area contributed by atoms with Gasteiger partial charge in [-0.2, -0.15) is 11.8 Å². The number of nitrogens with one attached hydrogen (secondary N) is 1. The van der Waals surface area contributed by atoms with Crippen molar-refractivity contribution in [2.45, 2.75) is 44.1 Å². The molecule has 0 aromatic rings. The van der Waals surface area contributed by atoms with E-state index in [1.165, 1.54) is 0 Å². The fourth-order valence-electron chi connectivity index (χ4n) is 1.54. The van der Waals surface area contributed by atoms with Crippen molar-refractivity contribution < 1.29 is 9.53 Å². The molecule has 1 fully saturated rings. The molecule has 82 valence electrons. The molecule has 0 saturated carbocycles. The zero-order valence-corrected chi connectivity index (χ0v) is 9.89. The number of thioether (sulfide) groups is 1. The zero-order valence-electron chi connectivity index (χ0n) is 9.08. The SMILES string of the molecule is CS[C@H](C)C(=O)N[C@H](C)[C@@H]1CCCO1. The summed E-state index contributed by atoms with van der Waals surface area (Å²) in [5, 5.41) is 3.01. The molecule has 4 heteroatoms. The van der Waals surface area contributed by atoms with E-state index in [-0.39, 0.29) is 23.3 Å². The van der Waals surface area contributed by atoms with Crippen LogP contribution in [0.3, 0.4) is 0 Å². The van der Waals surface area contributed by atoms with Gasteiger partial charge in [0.15, 0.2) is 0 Å². The second-order valence-electron chi connectivity index (χ2n) is 3.73. The molecule has 1 rings (SSSR count). The molecule has 3 atom stereocenters. The lowest BCUT2D eigenvalue weighted by Gasteiger charge is -2.21. The van der Waals surface area contributed by atoms with E-state index in [4.69, 9.17) is 4.74 Å². The average molecular weight is 217 g/mol. The molecule has 0 unspecified atom stereocenters. The number of hydrogen-bond acceptors (Lipinski definition) is 3. The van der Waals surface area contributed by atoms with E-state index >= 15 is 0 Å². The summed E-state index contributed by atoms with van der Waals surface area (Å²) >= 11 is 1.56. The lowest BCUT2D eigenvalue weighted by atomic mass is 10.1. The van der Waals surface area contributed by atoms with Crippen molar-refractivity contribution in [2.24, 2.45) is 0 Å². The van der Waals surface area contributed by atoms with Crippen LogP contribution in [0.4, 0.5) is 0 Å². The molecule has 0 aliphatic carbocycles. The first-order valence-corrected chi connectivity index (χ1v) is 6.38. The normalized spacial score (nSPS) is 25.8. The second-order valence-corrected chi connectivity index (χ2v) is 4.91. The quantitative estimate of drug-likeness (QED) is 0.774. The topological polar surface area (TPSA) is 38.3 Å². The Kier molecular flexibility index (Phi) is 4.75. The third-order valence-electron chi connectivity index (χ3n) is 2.62. The molecule has 0 aromatic heterocycles. The molecule has 1 saturated heterocycles. The monoisotopic (exact) mass is 217 g/mol. The zero-order chi connectivity index (χ0) is 10.6. The molecule has 1 aliphatic rings. The van der Waals surface area contributed by atoms with Crippen molar-refractivity contribution in [1.82, 2.24) is 5.32 Å². The highest BCUT2D eigenvalue weighted by atomic mass is 32.2. The van der Waals surface area contributed by atoms with Gasteiger partial charge in [-0.05, 0) is 32.9 Å². The lowest BCUT2D eigenvalue weighted by Crippen LogP contribution is -2.43. The van der Waals surface area contributed by atoms with Gasteiger partial charge in [0.2, 0.25) is 5.91 Å². The van der Waals surface area contributed by atoms with Gasteiger partial charge in [-0.3, -0.25) is 4.79 Å². The average Bonchev–Trinajstić information content (AvgIpc) is 2.69. The molecular weight excluding hydrogens is 198 g/mol. The second kappa shape index (κ2) is 5.61. The largest absolute Gasteiger partial charge is 0.376 e. The maximum absolute atomic E-state index is 11.6. The van der Waals surface area contributed by atoms with Crippen LogP contribution in [-0.2, 0) is 9.53 Å². The van der Waals surface area contributed by atoms with E-state index < -0.39 is 0 Å². The molecule has 1 amide bonds. The fraction of sp³-hybridized carbons (Fsp3) is 0.900. The predicted molar refractivity (Wildman–Crippen MR) is 59.6 cm³/mol. The van der Waals surface area contributed by atoms with Crippen LogP contribution >= 0.6 is 11.8 Å². The van der Waals surface area contributed by atoms with Crippen molar-refractivity contribution in [2.75, 3.05) is 12.9 Å². The molecule has 1 aliphatic heterocycles. The van der Waals surface area contributed by atoms with E-state index in [2.05, 4.69) is 5.32 Å². The van der Waals surface area contributed by atoms with Gasteiger partial charge < -0.3 is 10.1 Å². The summed E-state index contributed by atoms with van der Waals surface area (Å²) in [7, 11) is 0. The minimum absolute atomic E-state index is 0.0267. The van der Waals surface area contributed by atoms with Crippen LogP contribution in [-0.4, -0.2) is 36.2 Å². The maximum Gasteiger partial charge on any atom is 0.233 e. The van der Waals surface area contributed by atoms with E-state index in [0.29, 0.717) is 0 Å². The Morgan fingerprint density at radius 1 is 1.57 bits per heavy atom. The molecule has 14 heavy (non-hydrogen) atoms. The van der Waals surface area contributed by atoms with E-state index in [0.717, 1.165) is 19.4 Å². The molecular formula is C10H19NO2S. The summed E-state index contributed by atoms with van der Waals surface area (Å²) in [6.07, 6.45) is 4.34. The van der Waals surface area contributed by atoms with Crippen molar-refractivity contribution >= 4 is 17.7 Å². The van der Waals surface area contributed by atoms with Gasteiger partial charge in [0.05, 0.1) is 17.4 Å². The Balaban J connectivity index is 2.31. The summed E-state index contributed by atoms with van der Waals surface area (Å²) < 4.78 is 5.51. The third-order valence-corrected chi connectivity index (χ3v) is 3.54. The van der Waals surface area contributed by atoms with Gasteiger partial charge in [0, 0.05) is 6.61 Å². The third kappa shape index (κ3) is 3.17. The Hall–Kier alpha value is -0.220. The summed E-state index contributed by atoms with van der Waals surface area (Å²) in [6.45, 7) is 4.77. The lowest BCUT2D eigenvalue weighted by molar-refractivity contribution is -0.121. The first-order chi connectivity index (χ1) is 6.65. The highest BCUT2D eigenvalue weighted by Gasteiger charge is 2.24. The number of carbonyl (C=O) groups excluding carboxylic acids is 1. The first kappa shape index (κ1) is 11.9. The summed E-state index contributed by atoms with van der Waals surface area (Å²) in [4.78, 5) is 11.6. The van der Waals surface area contributed by atoms with Crippen molar-refractivity contribution in [3.8, 4) is 0 Å². The van der Waals surface area contributed by atoms with Gasteiger partial charge in [-0.25, -0.2) is 0 Å². The van der Waals surface area contributed by atoms with Crippen LogP contribution in [0.5, 0.6) is 0 Å². The van der Waals surface area contributed by atoms with E-state index in [1.54, 1.807) is 11.8 Å². The Labute approximate surface area is 90.0 Å². The number of carbonyl (C=O) groups is 1. The first-order valence-electron chi connectivity index (χ1n) is 5.10. The number of hydrogen-bond donors (Lipinski definition) is 1. The summed E-state index contributed by atoms with van der Waals surface area (Å²) in [5.74, 6) is 0.112. The molecule has 3 nitrogen and oxygen atoms in total. The van der Waals surface area contributed by atoms with Crippen LogP contribution in [0.15, 0.2) is 0 Å². The van der Waals surface area contributed by atoms with Crippen LogP contribution in [0.1, 0.15) is 26.7 Å². The van der Waals surface area contributed by atoms with Gasteiger partial charge in [-0.15, -0.1) is 0 Å². The van der Waals surface area contributed by atoms with Crippen molar-refractivity contribution in [3.63, 3.8) is 0 Å². The summed E-state index contributed by atoms with van der Waals surface area (Å²) in [6, 6.07) is 0.139. The van der Waals surface area contributed by atoms with Gasteiger partial charge in [0.25, 0.3) is 0 Å². The highest BCUT2D eigenvalue weighted by molar-refractivity contribution is 7.99. The maximum atomic E-state index is 11.6. The van der Waals surface area contributed by atoms with Crippen LogP contribution in [0.25, 0.3) is 0 Å². The molecule has 0 spiro atoms. The van der Waals surface area contributed by atoms with Crippen LogP contribution in [0.2, 0.25) is 0 Å². The molecule has 0 bridgehead atoms. The molecule has 1 heterocycles.